The Kier molecular flexibility index (Phi) is 3.91. The van der Waals surface area contributed by atoms with Gasteiger partial charge in [-0.2, -0.15) is 0 Å². The van der Waals surface area contributed by atoms with Crippen LogP contribution in [0.15, 0.2) is 6.07 Å². The number of hydrogen-bond acceptors (Lipinski definition) is 6. The summed E-state index contributed by atoms with van der Waals surface area (Å²) in [4.78, 5) is 8.58. The highest BCUT2D eigenvalue weighted by Crippen LogP contribution is 2.26. The maximum Gasteiger partial charge on any atom is 0.135 e. The number of ether oxygens (including phenoxy) is 1. The Morgan fingerprint density at radius 2 is 2.32 bits per heavy atom. The fourth-order valence-corrected chi connectivity index (χ4v) is 2.08. The molecule has 2 atom stereocenters. The minimum absolute atomic E-state index is 0.177. The molecule has 1 aliphatic heterocycles. The monoisotopic (exact) mass is 266 g/mol. The van der Waals surface area contributed by atoms with E-state index >= 15 is 0 Å². The van der Waals surface area contributed by atoms with Gasteiger partial charge < -0.3 is 20.9 Å². The van der Waals surface area contributed by atoms with E-state index in [0.29, 0.717) is 37.0 Å². The molecule has 1 aromatic rings. The van der Waals surface area contributed by atoms with Gasteiger partial charge in [-0.15, -0.1) is 0 Å². The third kappa shape index (κ3) is 3.13. The zero-order chi connectivity index (χ0) is 14.0. The lowest BCUT2D eigenvalue weighted by molar-refractivity contribution is -0.0176. The number of nitrogens with two attached hydrogens (primary N) is 1. The van der Waals surface area contributed by atoms with Gasteiger partial charge in [0.05, 0.1) is 6.10 Å². The molecule has 1 fully saturated rings. The first-order valence-corrected chi connectivity index (χ1v) is 6.63. The number of nitrogen functional groups attached to an aromatic ring is 1. The predicted molar refractivity (Wildman–Crippen MR) is 74.0 cm³/mol. The lowest BCUT2D eigenvalue weighted by Gasteiger charge is -2.26. The van der Waals surface area contributed by atoms with Crippen molar-refractivity contribution in [2.45, 2.75) is 44.8 Å². The highest BCUT2D eigenvalue weighted by molar-refractivity contribution is 5.45. The summed E-state index contributed by atoms with van der Waals surface area (Å²) in [6, 6.07) is 1.68. The van der Waals surface area contributed by atoms with Gasteiger partial charge in [-0.1, -0.05) is 13.8 Å². The molecule has 6 nitrogen and oxygen atoms in total. The molecule has 106 valence electrons. The number of rotatable bonds is 4. The van der Waals surface area contributed by atoms with Crippen LogP contribution >= 0.6 is 0 Å². The van der Waals surface area contributed by atoms with Gasteiger partial charge in [-0.3, -0.25) is 0 Å². The van der Waals surface area contributed by atoms with Gasteiger partial charge in [0, 0.05) is 31.6 Å². The summed E-state index contributed by atoms with van der Waals surface area (Å²) in [5.41, 5.74) is 4.91. The fourth-order valence-electron chi connectivity index (χ4n) is 2.08. The zero-order valence-electron chi connectivity index (χ0n) is 11.7. The Hall–Kier alpha value is -1.40. The van der Waals surface area contributed by atoms with E-state index in [1.54, 1.807) is 6.07 Å². The van der Waals surface area contributed by atoms with Crippen molar-refractivity contribution in [3.63, 3.8) is 0 Å². The third-order valence-corrected chi connectivity index (χ3v) is 3.51. The van der Waals surface area contributed by atoms with E-state index in [9.17, 15) is 5.11 Å². The van der Waals surface area contributed by atoms with Gasteiger partial charge in [-0.25, -0.2) is 9.97 Å². The molecule has 6 heteroatoms. The van der Waals surface area contributed by atoms with Crippen LogP contribution in [0.1, 0.15) is 38.9 Å². The number of anilines is 2. The van der Waals surface area contributed by atoms with E-state index in [2.05, 4.69) is 15.3 Å². The van der Waals surface area contributed by atoms with Gasteiger partial charge in [0.15, 0.2) is 0 Å². The Balaban J connectivity index is 2.07. The average molecular weight is 266 g/mol. The Morgan fingerprint density at radius 3 is 2.89 bits per heavy atom. The normalized spacial score (nSPS) is 26.9. The number of nitrogens with zero attached hydrogens (tertiary/aromatic N) is 2. The van der Waals surface area contributed by atoms with Crippen molar-refractivity contribution < 1.29 is 9.84 Å². The Labute approximate surface area is 113 Å². The van der Waals surface area contributed by atoms with Crippen LogP contribution in [0.4, 0.5) is 11.6 Å². The summed E-state index contributed by atoms with van der Waals surface area (Å²) in [6.45, 7) is 6.88. The van der Waals surface area contributed by atoms with Crippen LogP contribution in [0, 0.1) is 0 Å². The van der Waals surface area contributed by atoms with Crippen LogP contribution in [-0.4, -0.2) is 39.9 Å². The van der Waals surface area contributed by atoms with Crippen molar-refractivity contribution in [3.8, 4) is 0 Å². The molecule has 2 rings (SSSR count). The largest absolute Gasteiger partial charge is 0.385 e. The SMILES string of the molecule is CC(C)c1nc(N)cc(NCC2(O)CCOC2C)n1. The molecule has 1 aliphatic rings. The standard InChI is InChI=1S/C13H22N4O2/c1-8(2)12-16-10(14)6-11(17-12)15-7-13(18)4-5-19-9(13)3/h6,8-9,18H,4-5,7H2,1-3H3,(H3,14,15,16,17). The molecular weight excluding hydrogens is 244 g/mol. The molecule has 0 bridgehead atoms. The second kappa shape index (κ2) is 5.30. The minimum atomic E-state index is -0.849. The maximum absolute atomic E-state index is 10.4. The highest BCUT2D eigenvalue weighted by Gasteiger charge is 2.39. The molecule has 0 saturated carbocycles. The first-order valence-electron chi connectivity index (χ1n) is 6.63. The van der Waals surface area contributed by atoms with E-state index in [0.717, 1.165) is 0 Å². The number of nitrogens with one attached hydrogen (secondary N) is 1. The molecular formula is C13H22N4O2. The smallest absolute Gasteiger partial charge is 0.135 e. The lowest BCUT2D eigenvalue weighted by atomic mass is 9.97. The van der Waals surface area contributed by atoms with Crippen molar-refractivity contribution in [2.75, 3.05) is 24.2 Å². The van der Waals surface area contributed by atoms with E-state index in [-0.39, 0.29) is 12.0 Å². The van der Waals surface area contributed by atoms with Crippen molar-refractivity contribution in [1.82, 2.24) is 9.97 Å². The molecule has 1 saturated heterocycles. The first-order chi connectivity index (χ1) is 8.90. The van der Waals surface area contributed by atoms with Gasteiger partial charge in [0.1, 0.15) is 23.1 Å². The number of hydrogen-bond donors (Lipinski definition) is 3. The topological polar surface area (TPSA) is 93.3 Å². The predicted octanol–water partition coefficient (Wildman–Crippen LogP) is 1.13. The van der Waals surface area contributed by atoms with Gasteiger partial charge in [0.2, 0.25) is 0 Å². The molecule has 1 aromatic heterocycles. The van der Waals surface area contributed by atoms with Gasteiger partial charge in [0.25, 0.3) is 0 Å². The Morgan fingerprint density at radius 1 is 1.58 bits per heavy atom. The first kappa shape index (κ1) is 14.0. The van der Waals surface area contributed by atoms with E-state index < -0.39 is 5.60 Å². The van der Waals surface area contributed by atoms with Crippen molar-refractivity contribution in [3.05, 3.63) is 11.9 Å². The second-order valence-electron chi connectivity index (χ2n) is 5.41. The van der Waals surface area contributed by atoms with Gasteiger partial charge in [-0.05, 0) is 6.92 Å². The molecule has 0 amide bonds. The van der Waals surface area contributed by atoms with Crippen molar-refractivity contribution >= 4 is 11.6 Å². The van der Waals surface area contributed by atoms with Crippen LogP contribution < -0.4 is 11.1 Å². The van der Waals surface area contributed by atoms with Crippen LogP contribution in [0.3, 0.4) is 0 Å². The third-order valence-electron chi connectivity index (χ3n) is 3.51. The molecule has 0 radical (unpaired) electrons. The lowest BCUT2D eigenvalue weighted by Crippen LogP contribution is -2.43. The van der Waals surface area contributed by atoms with Crippen LogP contribution in [-0.2, 0) is 4.74 Å². The summed E-state index contributed by atoms with van der Waals surface area (Å²) in [5.74, 6) is 1.98. The average Bonchev–Trinajstić information content (AvgIpc) is 2.67. The number of aliphatic hydroxyl groups is 1. The Bertz CT molecular complexity index is 452. The maximum atomic E-state index is 10.4. The van der Waals surface area contributed by atoms with Crippen LogP contribution in [0.2, 0.25) is 0 Å². The summed E-state index contributed by atoms with van der Waals surface area (Å²) in [5, 5.41) is 13.5. The molecule has 0 spiro atoms. The van der Waals surface area contributed by atoms with E-state index in [1.165, 1.54) is 0 Å². The molecule has 2 unspecified atom stereocenters. The van der Waals surface area contributed by atoms with Crippen molar-refractivity contribution in [2.24, 2.45) is 0 Å². The summed E-state index contributed by atoms with van der Waals surface area (Å²) >= 11 is 0. The molecule has 19 heavy (non-hydrogen) atoms. The van der Waals surface area contributed by atoms with E-state index in [4.69, 9.17) is 10.5 Å². The van der Waals surface area contributed by atoms with Crippen LogP contribution in [0.5, 0.6) is 0 Å². The van der Waals surface area contributed by atoms with Gasteiger partial charge >= 0.3 is 0 Å². The quantitative estimate of drug-likeness (QED) is 0.756. The summed E-state index contributed by atoms with van der Waals surface area (Å²) in [6.07, 6.45) is 0.447. The molecule has 4 N–H and O–H groups in total. The number of aromatic nitrogens is 2. The van der Waals surface area contributed by atoms with Crippen LogP contribution in [0.25, 0.3) is 0 Å². The zero-order valence-corrected chi connectivity index (χ0v) is 11.7. The highest BCUT2D eigenvalue weighted by atomic mass is 16.5. The second-order valence-corrected chi connectivity index (χ2v) is 5.41. The summed E-state index contributed by atoms with van der Waals surface area (Å²) in [7, 11) is 0. The van der Waals surface area contributed by atoms with Crippen molar-refractivity contribution in [1.29, 1.82) is 0 Å². The summed E-state index contributed by atoms with van der Waals surface area (Å²) < 4.78 is 5.40. The van der Waals surface area contributed by atoms with E-state index in [1.807, 2.05) is 20.8 Å². The molecule has 2 heterocycles. The molecule has 0 aliphatic carbocycles. The minimum Gasteiger partial charge on any atom is -0.385 e. The fraction of sp³-hybridized carbons (Fsp3) is 0.692. The molecule has 0 aromatic carbocycles.